The largest absolute Gasteiger partial charge is 0.508 e. The molecule has 1 heterocycles. The molecule has 0 bridgehead atoms. The van der Waals surface area contributed by atoms with Gasteiger partial charge in [-0.3, -0.25) is 15.5 Å². The van der Waals surface area contributed by atoms with Crippen LogP contribution in [0.3, 0.4) is 0 Å². The van der Waals surface area contributed by atoms with Gasteiger partial charge in [0.15, 0.2) is 5.78 Å². The van der Waals surface area contributed by atoms with Crippen molar-refractivity contribution in [1.82, 2.24) is 4.98 Å². The Labute approximate surface area is 241 Å². The molecule has 0 radical (unpaired) electrons. The average Bonchev–Trinajstić information content (AvgIpc) is 2.82. The Hall–Kier alpha value is -3.28. The van der Waals surface area contributed by atoms with E-state index in [1.807, 2.05) is 0 Å². The third-order valence-electron chi connectivity index (χ3n) is 6.38. The molecule has 220 valence electrons. The predicted octanol–water partition coefficient (Wildman–Crippen LogP) is 8.13. The van der Waals surface area contributed by atoms with E-state index < -0.39 is 79.0 Å². The van der Waals surface area contributed by atoms with Gasteiger partial charge in [-0.25, -0.2) is 4.39 Å². The maximum atomic E-state index is 15.3. The molecular formula is C28H24Cl2F6N2O3. The molecule has 0 spiro atoms. The number of ketones is 1. The SMILES string of the molecule is Cc1cc(C(/C=C(\F)c2ccc(C(=O)c3c(O)cnc(C(C)(C)Cl)c3Cl)c(C(N)(F)F)c2)C(F)(F)F)cc(O)c1C. The van der Waals surface area contributed by atoms with Gasteiger partial charge in [0.25, 0.3) is 0 Å². The molecule has 0 aliphatic rings. The second-order valence-corrected chi connectivity index (χ2v) is 11.2. The van der Waals surface area contributed by atoms with Crippen LogP contribution < -0.4 is 5.73 Å². The quantitative estimate of drug-likeness (QED) is 0.107. The summed E-state index contributed by atoms with van der Waals surface area (Å²) in [6, 6.07) is -0.338. The lowest BCUT2D eigenvalue weighted by molar-refractivity contribution is -0.139. The summed E-state index contributed by atoms with van der Waals surface area (Å²) in [5, 5.41) is 19.8. The van der Waals surface area contributed by atoms with Crippen LogP contribution in [0.5, 0.6) is 11.5 Å². The molecule has 3 rings (SSSR count). The number of halogens is 8. The number of hydrogen-bond donors (Lipinski definition) is 3. The summed E-state index contributed by atoms with van der Waals surface area (Å²) in [5.74, 6) is -6.55. The minimum absolute atomic E-state index is 0.0517. The Morgan fingerprint density at radius 1 is 1.05 bits per heavy atom. The van der Waals surface area contributed by atoms with E-state index in [0.717, 1.165) is 30.5 Å². The van der Waals surface area contributed by atoms with Crippen molar-refractivity contribution in [2.45, 2.75) is 50.7 Å². The van der Waals surface area contributed by atoms with Crippen molar-refractivity contribution in [3.05, 3.63) is 92.3 Å². The number of nitrogens with zero attached hydrogens (tertiary/aromatic N) is 1. The number of pyridine rings is 1. The molecule has 1 aromatic heterocycles. The van der Waals surface area contributed by atoms with Gasteiger partial charge in [0, 0.05) is 16.7 Å². The molecular weight excluding hydrogens is 597 g/mol. The number of benzene rings is 2. The highest BCUT2D eigenvalue weighted by atomic mass is 35.5. The van der Waals surface area contributed by atoms with Gasteiger partial charge >= 0.3 is 12.2 Å². The van der Waals surface area contributed by atoms with Crippen LogP contribution in [-0.4, -0.2) is 27.2 Å². The number of alkyl halides is 6. The molecule has 1 atom stereocenters. The lowest BCUT2D eigenvalue weighted by atomic mass is 9.91. The Kier molecular flexibility index (Phi) is 8.79. The summed E-state index contributed by atoms with van der Waals surface area (Å²) in [5.41, 5.74) is 1.66. The number of carbonyl (C=O) groups excluding carboxylic acids is 1. The van der Waals surface area contributed by atoms with Crippen LogP contribution >= 0.6 is 23.2 Å². The second kappa shape index (κ2) is 11.2. The maximum Gasteiger partial charge on any atom is 0.399 e. The lowest BCUT2D eigenvalue weighted by Crippen LogP contribution is -2.28. The zero-order valence-corrected chi connectivity index (χ0v) is 23.5. The van der Waals surface area contributed by atoms with Gasteiger partial charge in [-0.05, 0) is 68.7 Å². The third-order valence-corrected chi connectivity index (χ3v) is 6.92. The van der Waals surface area contributed by atoms with E-state index >= 15 is 4.39 Å². The van der Waals surface area contributed by atoms with Crippen molar-refractivity contribution in [3.8, 4) is 11.5 Å². The molecule has 1 unspecified atom stereocenters. The molecule has 5 nitrogen and oxygen atoms in total. The standard InChI is InChI=1S/C28H24Cl2F6N2O3/c1-12-7-15(9-20(39)13(12)2)17(27(32,33)34)10-19(31)14-5-6-16(18(8-14)28(35,36)37)24(41)22-21(40)11-38-25(23(22)29)26(3,4)30/h5-11,17,39-40H,37H2,1-4H3/b19-10-. The number of hydrogen-bond acceptors (Lipinski definition) is 5. The number of phenols is 1. The first kappa shape index (κ1) is 32.2. The Bertz CT molecular complexity index is 1520. The molecule has 0 saturated carbocycles. The van der Waals surface area contributed by atoms with Crippen LogP contribution in [0.2, 0.25) is 5.02 Å². The van der Waals surface area contributed by atoms with E-state index in [2.05, 4.69) is 4.98 Å². The second-order valence-electron chi connectivity index (χ2n) is 9.88. The summed E-state index contributed by atoms with van der Waals surface area (Å²) in [6.07, 6.45) is -4.01. The summed E-state index contributed by atoms with van der Waals surface area (Å²) in [7, 11) is 0. The van der Waals surface area contributed by atoms with Crippen molar-refractivity contribution >= 4 is 34.8 Å². The smallest absolute Gasteiger partial charge is 0.399 e. The van der Waals surface area contributed by atoms with Crippen LogP contribution in [0, 0.1) is 13.8 Å². The number of rotatable bonds is 7. The first-order valence-electron chi connectivity index (χ1n) is 11.8. The van der Waals surface area contributed by atoms with Crippen molar-refractivity contribution in [2.75, 3.05) is 0 Å². The number of aromatic nitrogens is 1. The van der Waals surface area contributed by atoms with Crippen molar-refractivity contribution in [3.63, 3.8) is 0 Å². The van der Waals surface area contributed by atoms with Crippen LogP contribution in [-0.2, 0) is 10.9 Å². The zero-order valence-electron chi connectivity index (χ0n) is 22.0. The fraction of sp³-hybridized carbons (Fsp3) is 0.286. The van der Waals surface area contributed by atoms with Crippen molar-refractivity contribution < 1.29 is 41.4 Å². The Morgan fingerprint density at radius 2 is 1.66 bits per heavy atom. The molecule has 13 heteroatoms. The van der Waals surface area contributed by atoms with Gasteiger partial charge in [0.05, 0.1) is 27.4 Å². The third kappa shape index (κ3) is 6.79. The highest BCUT2D eigenvalue weighted by molar-refractivity contribution is 6.37. The van der Waals surface area contributed by atoms with Gasteiger partial charge < -0.3 is 10.2 Å². The van der Waals surface area contributed by atoms with E-state index in [-0.39, 0.29) is 11.8 Å². The summed E-state index contributed by atoms with van der Waals surface area (Å²) in [6.45, 7) is 5.90. The van der Waals surface area contributed by atoms with E-state index in [0.29, 0.717) is 17.2 Å². The first-order chi connectivity index (χ1) is 18.6. The van der Waals surface area contributed by atoms with Gasteiger partial charge in [0.1, 0.15) is 23.2 Å². The minimum atomic E-state index is -5.02. The van der Waals surface area contributed by atoms with Crippen molar-refractivity contribution in [1.29, 1.82) is 0 Å². The molecule has 0 amide bonds. The monoisotopic (exact) mass is 620 g/mol. The molecule has 4 N–H and O–H groups in total. The highest BCUT2D eigenvalue weighted by Gasteiger charge is 2.41. The Morgan fingerprint density at radius 3 is 2.17 bits per heavy atom. The van der Waals surface area contributed by atoms with Crippen LogP contribution in [0.15, 0.2) is 42.6 Å². The number of aromatic hydroxyl groups is 2. The molecule has 41 heavy (non-hydrogen) atoms. The number of phenolic OH excluding ortho intramolecular Hbond substituents is 1. The first-order valence-corrected chi connectivity index (χ1v) is 12.6. The van der Waals surface area contributed by atoms with E-state index in [9.17, 15) is 37.0 Å². The Balaban J connectivity index is 2.18. The fourth-order valence-corrected chi connectivity index (χ4v) is 4.74. The van der Waals surface area contributed by atoms with Gasteiger partial charge in [-0.15, -0.1) is 11.6 Å². The average molecular weight is 621 g/mol. The van der Waals surface area contributed by atoms with Gasteiger partial charge in [0.2, 0.25) is 0 Å². The molecule has 0 aliphatic carbocycles. The number of carbonyl (C=O) groups is 1. The fourth-order valence-electron chi connectivity index (χ4n) is 4.08. The molecule has 0 fully saturated rings. The number of allylic oxidation sites excluding steroid dienone is 1. The summed E-state index contributed by atoms with van der Waals surface area (Å²) in [4.78, 5) is 16.0. The van der Waals surface area contributed by atoms with Gasteiger partial charge in [-0.1, -0.05) is 23.7 Å². The number of aryl methyl sites for hydroxylation is 1. The molecule has 0 saturated heterocycles. The van der Waals surface area contributed by atoms with Gasteiger partial charge in [-0.2, -0.15) is 22.0 Å². The predicted molar refractivity (Wildman–Crippen MR) is 143 cm³/mol. The van der Waals surface area contributed by atoms with E-state index in [1.54, 1.807) is 0 Å². The highest BCUT2D eigenvalue weighted by Crippen LogP contribution is 2.42. The molecule has 3 aromatic rings. The maximum absolute atomic E-state index is 15.3. The lowest BCUT2D eigenvalue weighted by Gasteiger charge is -2.21. The molecule has 2 aromatic carbocycles. The van der Waals surface area contributed by atoms with Crippen LogP contribution in [0.25, 0.3) is 5.83 Å². The summed E-state index contributed by atoms with van der Waals surface area (Å²) < 4.78 is 86.1. The van der Waals surface area contributed by atoms with Crippen LogP contribution in [0.4, 0.5) is 26.3 Å². The van der Waals surface area contributed by atoms with Crippen LogP contribution in [0.1, 0.15) is 69.2 Å². The molecule has 0 aliphatic heterocycles. The van der Waals surface area contributed by atoms with E-state index in [1.165, 1.54) is 27.7 Å². The summed E-state index contributed by atoms with van der Waals surface area (Å²) >= 11 is 12.5. The minimum Gasteiger partial charge on any atom is -0.508 e. The number of nitrogens with two attached hydrogens (primary N) is 1. The topological polar surface area (TPSA) is 96.4 Å². The zero-order chi connectivity index (χ0) is 31.2. The van der Waals surface area contributed by atoms with Crippen molar-refractivity contribution in [2.24, 2.45) is 5.73 Å². The normalized spacial score (nSPS) is 13.8. The van der Waals surface area contributed by atoms with E-state index in [4.69, 9.17) is 28.9 Å².